The Kier molecular flexibility index (Phi) is 3.64. The molecule has 1 aliphatic carbocycles. The van der Waals surface area contributed by atoms with Crippen molar-refractivity contribution < 1.29 is 4.39 Å². The fourth-order valence-electron chi connectivity index (χ4n) is 2.13. The van der Waals surface area contributed by atoms with Crippen LogP contribution in [0.1, 0.15) is 20.8 Å². The predicted molar refractivity (Wildman–Crippen MR) is 58.4 cm³/mol. The van der Waals surface area contributed by atoms with Gasteiger partial charge in [-0.15, -0.1) is 0 Å². The molecule has 3 unspecified atom stereocenters. The van der Waals surface area contributed by atoms with E-state index in [0.717, 1.165) is 5.57 Å². The smallest absolute Gasteiger partial charge is 0.119 e. The van der Waals surface area contributed by atoms with E-state index in [0.29, 0.717) is 0 Å². The molecule has 0 bridgehead atoms. The lowest BCUT2D eigenvalue weighted by molar-refractivity contribution is 0.422. The highest BCUT2D eigenvalue weighted by atomic mass is 19.1. The largest absolute Gasteiger partial charge is 0.324 e. The molecule has 1 rings (SSSR count). The third-order valence-electron chi connectivity index (χ3n) is 2.71. The summed E-state index contributed by atoms with van der Waals surface area (Å²) in [6, 6.07) is -0.0180. The van der Waals surface area contributed by atoms with Crippen molar-refractivity contribution in [3.8, 4) is 0 Å². The number of hydrogen-bond acceptors (Lipinski definition) is 1. The van der Waals surface area contributed by atoms with Crippen molar-refractivity contribution in [3.05, 3.63) is 35.7 Å². The first kappa shape index (κ1) is 11.2. The third kappa shape index (κ3) is 2.32. The molecule has 0 aliphatic heterocycles. The Morgan fingerprint density at radius 1 is 1.57 bits per heavy atom. The Morgan fingerprint density at radius 3 is 2.71 bits per heavy atom. The van der Waals surface area contributed by atoms with Gasteiger partial charge in [0.1, 0.15) is 5.83 Å². The van der Waals surface area contributed by atoms with Crippen LogP contribution < -0.4 is 5.73 Å². The quantitative estimate of drug-likeness (QED) is 0.673. The molecule has 0 amide bonds. The molecule has 0 heterocycles. The highest BCUT2D eigenvalue weighted by molar-refractivity contribution is 5.28. The summed E-state index contributed by atoms with van der Waals surface area (Å²) in [7, 11) is 0. The van der Waals surface area contributed by atoms with Gasteiger partial charge in [-0.25, -0.2) is 4.39 Å². The van der Waals surface area contributed by atoms with Gasteiger partial charge in [0.15, 0.2) is 0 Å². The van der Waals surface area contributed by atoms with E-state index in [4.69, 9.17) is 5.73 Å². The maximum absolute atomic E-state index is 13.0. The van der Waals surface area contributed by atoms with E-state index >= 15 is 0 Å². The molecule has 0 aromatic heterocycles. The molecule has 0 aromatic rings. The summed E-state index contributed by atoms with van der Waals surface area (Å²) in [5.74, 6) is 0.260. The lowest BCUT2D eigenvalue weighted by atomic mass is 9.79. The van der Waals surface area contributed by atoms with E-state index in [1.165, 1.54) is 0 Å². The molecule has 0 spiro atoms. The van der Waals surface area contributed by atoms with Gasteiger partial charge in [-0.2, -0.15) is 0 Å². The summed E-state index contributed by atoms with van der Waals surface area (Å²) in [6.07, 6.45) is 7.13. The van der Waals surface area contributed by atoms with Gasteiger partial charge in [0, 0.05) is 12.0 Å². The predicted octanol–water partition coefficient (Wildman–Crippen LogP) is 2.96. The van der Waals surface area contributed by atoms with Crippen LogP contribution in [0.5, 0.6) is 0 Å². The summed E-state index contributed by atoms with van der Waals surface area (Å²) in [4.78, 5) is 0. The van der Waals surface area contributed by atoms with Gasteiger partial charge in [0.25, 0.3) is 0 Å². The molecule has 0 radical (unpaired) electrons. The first-order valence-electron chi connectivity index (χ1n) is 5.00. The van der Waals surface area contributed by atoms with Crippen LogP contribution in [0.2, 0.25) is 0 Å². The van der Waals surface area contributed by atoms with Crippen molar-refractivity contribution in [3.63, 3.8) is 0 Å². The van der Waals surface area contributed by atoms with Gasteiger partial charge in [0.05, 0.1) is 0 Å². The molecular weight excluding hydrogens is 177 g/mol. The molecule has 14 heavy (non-hydrogen) atoms. The lowest BCUT2D eigenvalue weighted by Crippen LogP contribution is -2.34. The second kappa shape index (κ2) is 4.56. The van der Waals surface area contributed by atoms with Crippen molar-refractivity contribution in [2.24, 2.45) is 17.6 Å². The maximum atomic E-state index is 13.0. The van der Waals surface area contributed by atoms with Gasteiger partial charge in [0.2, 0.25) is 0 Å². The molecule has 2 N–H and O–H groups in total. The van der Waals surface area contributed by atoms with Gasteiger partial charge in [-0.3, -0.25) is 0 Å². The van der Waals surface area contributed by atoms with E-state index < -0.39 is 0 Å². The van der Waals surface area contributed by atoms with Crippen molar-refractivity contribution in [2.75, 3.05) is 0 Å². The van der Waals surface area contributed by atoms with Crippen LogP contribution >= 0.6 is 0 Å². The Bertz CT molecular complexity index is 285. The molecule has 0 saturated heterocycles. The average molecular weight is 195 g/mol. The fraction of sp³-hybridized carbons (Fsp3) is 0.500. The zero-order chi connectivity index (χ0) is 10.7. The van der Waals surface area contributed by atoms with Crippen LogP contribution in [0.4, 0.5) is 4.39 Å². The number of hydrogen-bond donors (Lipinski definition) is 1. The average Bonchev–Trinajstić information content (AvgIpc) is 2.01. The standard InChI is InChI=1S/C12H18FN/c1-4-5-11(14)12-8(2)6-10(13)7-9(12)3/h4-8,11-12H,14H2,1-3H3/b5-4-. The first-order valence-corrected chi connectivity index (χ1v) is 5.00. The fourth-order valence-corrected chi connectivity index (χ4v) is 2.13. The number of nitrogens with two attached hydrogens (primary N) is 1. The summed E-state index contributed by atoms with van der Waals surface area (Å²) < 4.78 is 13.0. The first-order chi connectivity index (χ1) is 6.56. The molecular formula is C12H18FN. The maximum Gasteiger partial charge on any atom is 0.119 e. The third-order valence-corrected chi connectivity index (χ3v) is 2.71. The van der Waals surface area contributed by atoms with Crippen molar-refractivity contribution in [1.29, 1.82) is 0 Å². The second-order valence-electron chi connectivity index (χ2n) is 3.93. The minimum atomic E-state index is -0.140. The SMILES string of the molecule is C/C=C\C(N)C1C(C)=CC(F)=CC1C. The van der Waals surface area contributed by atoms with Crippen LogP contribution in [0.15, 0.2) is 35.7 Å². The molecule has 1 aliphatic rings. The van der Waals surface area contributed by atoms with Crippen molar-refractivity contribution >= 4 is 0 Å². The van der Waals surface area contributed by atoms with Crippen LogP contribution in [0.25, 0.3) is 0 Å². The van der Waals surface area contributed by atoms with Crippen LogP contribution in [0.3, 0.4) is 0 Å². The number of rotatable bonds is 2. The normalized spacial score (nSPS) is 30.1. The van der Waals surface area contributed by atoms with Crippen LogP contribution in [-0.2, 0) is 0 Å². The van der Waals surface area contributed by atoms with Gasteiger partial charge in [-0.1, -0.05) is 24.6 Å². The van der Waals surface area contributed by atoms with Crippen LogP contribution in [-0.4, -0.2) is 6.04 Å². The summed E-state index contributed by atoms with van der Waals surface area (Å²) >= 11 is 0. The van der Waals surface area contributed by atoms with E-state index in [9.17, 15) is 4.39 Å². The summed E-state index contributed by atoms with van der Waals surface area (Å²) in [5.41, 5.74) is 7.04. The zero-order valence-electron chi connectivity index (χ0n) is 9.00. The lowest BCUT2D eigenvalue weighted by Gasteiger charge is -2.29. The minimum absolute atomic E-state index is 0.0180. The van der Waals surface area contributed by atoms with Crippen LogP contribution in [0, 0.1) is 11.8 Å². The van der Waals surface area contributed by atoms with E-state index in [2.05, 4.69) is 0 Å². The van der Waals surface area contributed by atoms with Crippen molar-refractivity contribution in [2.45, 2.75) is 26.8 Å². The van der Waals surface area contributed by atoms with E-state index in [1.54, 1.807) is 12.2 Å². The highest BCUT2D eigenvalue weighted by Gasteiger charge is 2.26. The molecule has 1 nitrogen and oxygen atoms in total. The van der Waals surface area contributed by atoms with Gasteiger partial charge >= 0.3 is 0 Å². The topological polar surface area (TPSA) is 26.0 Å². The Hall–Kier alpha value is -0.890. The zero-order valence-corrected chi connectivity index (χ0v) is 9.00. The Labute approximate surface area is 85.2 Å². The molecule has 3 atom stereocenters. The molecule has 78 valence electrons. The molecule has 2 heteroatoms. The Morgan fingerprint density at radius 2 is 2.21 bits per heavy atom. The van der Waals surface area contributed by atoms with E-state index in [1.807, 2.05) is 32.9 Å². The molecule has 0 aromatic carbocycles. The number of allylic oxidation sites excluding steroid dienone is 4. The van der Waals surface area contributed by atoms with Gasteiger partial charge < -0.3 is 5.73 Å². The van der Waals surface area contributed by atoms with Gasteiger partial charge in [-0.05, 0) is 31.9 Å². The summed E-state index contributed by atoms with van der Waals surface area (Å²) in [5, 5.41) is 0. The second-order valence-corrected chi connectivity index (χ2v) is 3.93. The monoisotopic (exact) mass is 195 g/mol. The minimum Gasteiger partial charge on any atom is -0.324 e. The number of halogens is 1. The van der Waals surface area contributed by atoms with Crippen molar-refractivity contribution in [1.82, 2.24) is 0 Å². The molecule has 0 fully saturated rings. The van der Waals surface area contributed by atoms with E-state index in [-0.39, 0.29) is 23.7 Å². The molecule has 0 saturated carbocycles. The Balaban J connectivity index is 2.86. The highest BCUT2D eigenvalue weighted by Crippen LogP contribution is 2.31. The summed E-state index contributed by atoms with van der Waals surface area (Å²) in [6.45, 7) is 5.89.